The minimum absolute atomic E-state index is 0.322. The lowest BCUT2D eigenvalue weighted by molar-refractivity contribution is 0.0671. The second kappa shape index (κ2) is 7.89. The fourth-order valence-corrected chi connectivity index (χ4v) is 3.61. The molecular weight excluding hydrogens is 326 g/mol. The first kappa shape index (κ1) is 17.1. The van der Waals surface area contributed by atoms with Crippen LogP contribution in [0.25, 0.3) is 10.9 Å². The summed E-state index contributed by atoms with van der Waals surface area (Å²) < 4.78 is 11.2. The number of fused-ring (bicyclic) bond motifs is 1. The molecule has 1 aromatic carbocycles. The van der Waals surface area contributed by atoms with E-state index < -0.39 is 0 Å². The van der Waals surface area contributed by atoms with E-state index in [4.69, 9.17) is 9.47 Å². The Morgan fingerprint density at radius 2 is 2.19 bits per heavy atom. The summed E-state index contributed by atoms with van der Waals surface area (Å²) in [5.74, 6) is 0.882. The number of pyridine rings is 1. The molecule has 136 valence electrons. The molecule has 3 aromatic rings. The molecule has 5 heteroatoms. The summed E-state index contributed by atoms with van der Waals surface area (Å²) >= 11 is 0. The van der Waals surface area contributed by atoms with Crippen LogP contribution < -0.4 is 4.74 Å². The Balaban J connectivity index is 1.52. The van der Waals surface area contributed by atoms with Gasteiger partial charge in [-0.1, -0.05) is 6.07 Å². The van der Waals surface area contributed by atoms with E-state index in [9.17, 15) is 0 Å². The van der Waals surface area contributed by atoms with E-state index in [-0.39, 0.29) is 0 Å². The van der Waals surface area contributed by atoms with Crippen molar-refractivity contribution in [1.82, 2.24) is 14.9 Å². The second-order valence-corrected chi connectivity index (χ2v) is 6.87. The van der Waals surface area contributed by atoms with Crippen molar-refractivity contribution >= 4 is 10.9 Å². The van der Waals surface area contributed by atoms with Gasteiger partial charge in [-0.25, -0.2) is 0 Å². The van der Waals surface area contributed by atoms with E-state index in [0.29, 0.717) is 6.10 Å². The molecule has 1 aliphatic heterocycles. The number of ether oxygens (including phenoxy) is 2. The van der Waals surface area contributed by atoms with Gasteiger partial charge >= 0.3 is 0 Å². The number of aromatic nitrogens is 2. The fourth-order valence-electron chi connectivity index (χ4n) is 3.61. The van der Waals surface area contributed by atoms with Crippen LogP contribution in [0.15, 0.2) is 48.7 Å². The molecule has 4 rings (SSSR count). The minimum Gasteiger partial charge on any atom is -0.497 e. The summed E-state index contributed by atoms with van der Waals surface area (Å²) in [5, 5.41) is 1.18. The smallest absolute Gasteiger partial charge is 0.119 e. The zero-order valence-corrected chi connectivity index (χ0v) is 15.1. The van der Waals surface area contributed by atoms with Crippen molar-refractivity contribution < 1.29 is 9.47 Å². The zero-order chi connectivity index (χ0) is 17.8. The molecule has 3 heterocycles. The van der Waals surface area contributed by atoms with E-state index in [0.717, 1.165) is 56.0 Å². The van der Waals surface area contributed by atoms with Gasteiger partial charge in [0.2, 0.25) is 0 Å². The third kappa shape index (κ3) is 4.06. The number of rotatable bonds is 7. The Hall–Kier alpha value is -2.37. The first-order valence-electron chi connectivity index (χ1n) is 9.19. The first-order chi connectivity index (χ1) is 12.8. The standard InChI is InChI=1S/C21H25N3O2/c1-25-19-7-8-21-16(12-19)11-18(23-21)14-24(15-20-6-4-10-26-20)13-17-5-2-3-9-22-17/h2-3,5,7-9,11-12,20,23H,4,6,10,13-15H2,1H3/t20-/m0/s1. The van der Waals surface area contributed by atoms with E-state index in [1.54, 1.807) is 7.11 Å². The number of hydrogen-bond acceptors (Lipinski definition) is 4. The van der Waals surface area contributed by atoms with Gasteiger partial charge in [0.25, 0.3) is 0 Å². The highest BCUT2D eigenvalue weighted by molar-refractivity contribution is 5.81. The maximum Gasteiger partial charge on any atom is 0.119 e. The molecule has 0 unspecified atom stereocenters. The molecule has 1 fully saturated rings. The van der Waals surface area contributed by atoms with Crippen LogP contribution in [0.4, 0.5) is 0 Å². The van der Waals surface area contributed by atoms with Crippen molar-refractivity contribution in [2.24, 2.45) is 0 Å². The molecule has 0 amide bonds. The fraction of sp³-hybridized carbons (Fsp3) is 0.381. The van der Waals surface area contributed by atoms with Gasteiger partial charge in [0.05, 0.1) is 18.9 Å². The molecule has 2 aromatic heterocycles. The van der Waals surface area contributed by atoms with Gasteiger partial charge in [-0.2, -0.15) is 0 Å². The third-order valence-corrected chi connectivity index (χ3v) is 4.88. The summed E-state index contributed by atoms with van der Waals surface area (Å²) in [4.78, 5) is 10.4. The summed E-state index contributed by atoms with van der Waals surface area (Å²) in [5.41, 5.74) is 3.42. The van der Waals surface area contributed by atoms with Gasteiger partial charge in [-0.3, -0.25) is 9.88 Å². The molecule has 1 aliphatic rings. The Morgan fingerprint density at radius 1 is 1.23 bits per heavy atom. The Bertz CT molecular complexity index is 841. The largest absolute Gasteiger partial charge is 0.497 e. The highest BCUT2D eigenvalue weighted by Crippen LogP contribution is 2.23. The minimum atomic E-state index is 0.322. The van der Waals surface area contributed by atoms with Crippen LogP contribution in [0.2, 0.25) is 0 Å². The van der Waals surface area contributed by atoms with Crippen LogP contribution in [0.1, 0.15) is 24.2 Å². The number of aromatic amines is 1. The van der Waals surface area contributed by atoms with Gasteiger partial charge in [-0.05, 0) is 49.2 Å². The lowest BCUT2D eigenvalue weighted by Crippen LogP contribution is -2.31. The van der Waals surface area contributed by atoms with Crippen molar-refractivity contribution in [2.75, 3.05) is 20.3 Å². The number of benzene rings is 1. The average Bonchev–Trinajstić information content (AvgIpc) is 3.31. The van der Waals surface area contributed by atoms with Crippen LogP contribution in [-0.2, 0) is 17.8 Å². The quantitative estimate of drug-likeness (QED) is 0.704. The molecule has 1 N–H and O–H groups in total. The SMILES string of the molecule is COc1ccc2[nH]c(CN(Cc3ccccn3)C[C@@H]3CCCO3)cc2c1. The van der Waals surface area contributed by atoms with Crippen molar-refractivity contribution in [2.45, 2.75) is 32.0 Å². The molecule has 0 aliphatic carbocycles. The first-order valence-corrected chi connectivity index (χ1v) is 9.19. The molecule has 0 radical (unpaired) electrons. The molecule has 26 heavy (non-hydrogen) atoms. The topological polar surface area (TPSA) is 50.4 Å². The lowest BCUT2D eigenvalue weighted by atomic mass is 10.2. The summed E-state index contributed by atoms with van der Waals surface area (Å²) in [6, 6.07) is 14.4. The molecule has 1 saturated heterocycles. The Kier molecular flexibility index (Phi) is 5.18. The lowest BCUT2D eigenvalue weighted by Gasteiger charge is -2.24. The number of H-pyrrole nitrogens is 1. The van der Waals surface area contributed by atoms with E-state index in [2.05, 4.69) is 39.1 Å². The van der Waals surface area contributed by atoms with Crippen LogP contribution in [-0.4, -0.2) is 41.2 Å². The number of nitrogens with one attached hydrogen (secondary N) is 1. The van der Waals surface area contributed by atoms with E-state index >= 15 is 0 Å². The van der Waals surface area contributed by atoms with Crippen molar-refractivity contribution in [3.05, 3.63) is 60.0 Å². The zero-order valence-electron chi connectivity index (χ0n) is 15.1. The molecule has 0 spiro atoms. The Labute approximate surface area is 153 Å². The summed E-state index contributed by atoms with van der Waals surface area (Å²) in [7, 11) is 1.70. The number of hydrogen-bond donors (Lipinski definition) is 1. The van der Waals surface area contributed by atoms with Gasteiger partial charge < -0.3 is 14.5 Å². The number of methoxy groups -OCH3 is 1. The molecule has 5 nitrogen and oxygen atoms in total. The normalized spacial score (nSPS) is 17.2. The molecule has 0 bridgehead atoms. The maximum atomic E-state index is 5.86. The van der Waals surface area contributed by atoms with Gasteiger partial charge in [0.1, 0.15) is 5.75 Å². The van der Waals surface area contributed by atoms with Crippen molar-refractivity contribution in [1.29, 1.82) is 0 Å². The second-order valence-electron chi connectivity index (χ2n) is 6.87. The monoisotopic (exact) mass is 351 g/mol. The molecule has 1 atom stereocenters. The van der Waals surface area contributed by atoms with E-state index in [1.165, 1.54) is 11.1 Å². The van der Waals surface area contributed by atoms with Gasteiger partial charge in [0.15, 0.2) is 0 Å². The van der Waals surface area contributed by atoms with Crippen LogP contribution >= 0.6 is 0 Å². The van der Waals surface area contributed by atoms with Crippen molar-refractivity contribution in [3.8, 4) is 5.75 Å². The highest BCUT2D eigenvalue weighted by Gasteiger charge is 2.20. The average molecular weight is 351 g/mol. The third-order valence-electron chi connectivity index (χ3n) is 4.88. The maximum absolute atomic E-state index is 5.86. The number of nitrogens with zero attached hydrogens (tertiary/aromatic N) is 2. The Morgan fingerprint density at radius 3 is 2.96 bits per heavy atom. The predicted molar refractivity (Wildman–Crippen MR) is 102 cm³/mol. The summed E-state index contributed by atoms with van der Waals surface area (Å²) in [6.45, 7) is 3.47. The highest BCUT2D eigenvalue weighted by atomic mass is 16.5. The summed E-state index contributed by atoms with van der Waals surface area (Å²) in [6.07, 6.45) is 4.48. The predicted octanol–water partition coefficient (Wildman–Crippen LogP) is 3.75. The van der Waals surface area contributed by atoms with Crippen LogP contribution in [0.5, 0.6) is 5.75 Å². The van der Waals surface area contributed by atoms with Crippen molar-refractivity contribution in [3.63, 3.8) is 0 Å². The van der Waals surface area contributed by atoms with Crippen LogP contribution in [0.3, 0.4) is 0 Å². The molecule has 0 saturated carbocycles. The van der Waals surface area contributed by atoms with Gasteiger partial charge in [-0.15, -0.1) is 0 Å². The van der Waals surface area contributed by atoms with Gasteiger partial charge in [0, 0.05) is 49.0 Å². The van der Waals surface area contributed by atoms with E-state index in [1.807, 2.05) is 24.4 Å². The van der Waals surface area contributed by atoms with Crippen LogP contribution in [0, 0.1) is 0 Å². The molecular formula is C21H25N3O2.